The molecule has 1 aromatic heterocycles. The molecule has 0 amide bonds. The van der Waals surface area contributed by atoms with Crippen LogP contribution in [0.1, 0.15) is 74.5 Å². The van der Waals surface area contributed by atoms with Gasteiger partial charge in [0.2, 0.25) is 0 Å². The van der Waals surface area contributed by atoms with E-state index >= 15 is 0 Å². The van der Waals surface area contributed by atoms with Crippen LogP contribution < -0.4 is 5.73 Å². The molecule has 21 heavy (non-hydrogen) atoms. The number of aromatic nitrogens is 3. The summed E-state index contributed by atoms with van der Waals surface area (Å²) in [5, 5.41) is 16.7. The van der Waals surface area contributed by atoms with Gasteiger partial charge < -0.3 is 10.8 Å². The molecule has 3 N–H and O–H groups in total. The van der Waals surface area contributed by atoms with Crippen molar-refractivity contribution in [3.63, 3.8) is 0 Å². The van der Waals surface area contributed by atoms with E-state index in [0.29, 0.717) is 18.7 Å². The number of unbranched alkanes of at least 4 members (excludes halogenated alkanes) is 7. The van der Waals surface area contributed by atoms with Crippen LogP contribution in [0, 0.1) is 0 Å². The average molecular weight is 296 g/mol. The molecule has 1 aromatic rings. The van der Waals surface area contributed by atoms with Crippen LogP contribution in [0.15, 0.2) is 0 Å². The molecule has 0 fully saturated rings. The number of nitrogens with two attached hydrogens (primary N) is 1. The Labute approximate surface area is 126 Å². The average Bonchev–Trinajstić information content (AvgIpc) is 2.85. The minimum Gasteiger partial charge on any atom is -0.476 e. The predicted molar refractivity (Wildman–Crippen MR) is 82.3 cm³/mol. The molecule has 1 heterocycles. The normalized spacial score (nSPS) is 11.0. The van der Waals surface area contributed by atoms with Crippen LogP contribution in [0.3, 0.4) is 0 Å². The van der Waals surface area contributed by atoms with Gasteiger partial charge in [0.25, 0.3) is 0 Å². The van der Waals surface area contributed by atoms with Crippen LogP contribution >= 0.6 is 0 Å². The third-order valence-corrected chi connectivity index (χ3v) is 3.64. The zero-order valence-electron chi connectivity index (χ0n) is 13.1. The van der Waals surface area contributed by atoms with Gasteiger partial charge in [0.05, 0.1) is 5.69 Å². The second kappa shape index (κ2) is 10.3. The fourth-order valence-corrected chi connectivity index (χ4v) is 2.46. The van der Waals surface area contributed by atoms with Crippen LogP contribution in [0.25, 0.3) is 0 Å². The quantitative estimate of drug-likeness (QED) is 0.578. The van der Waals surface area contributed by atoms with Gasteiger partial charge in [-0.25, -0.2) is 9.48 Å². The van der Waals surface area contributed by atoms with Gasteiger partial charge in [0, 0.05) is 13.0 Å². The number of carboxylic acids is 1. The molecule has 1 rings (SSSR count). The summed E-state index contributed by atoms with van der Waals surface area (Å²) in [4.78, 5) is 11.1. The summed E-state index contributed by atoms with van der Waals surface area (Å²) in [6.07, 6.45) is 10.4. The van der Waals surface area contributed by atoms with E-state index in [2.05, 4.69) is 17.2 Å². The van der Waals surface area contributed by atoms with E-state index in [-0.39, 0.29) is 5.69 Å². The highest BCUT2D eigenvalue weighted by atomic mass is 16.4. The van der Waals surface area contributed by atoms with Crippen LogP contribution in [-0.4, -0.2) is 32.6 Å². The van der Waals surface area contributed by atoms with Gasteiger partial charge in [-0.3, -0.25) is 0 Å². The molecule has 6 heteroatoms. The topological polar surface area (TPSA) is 94.0 Å². The maximum absolute atomic E-state index is 11.1. The Morgan fingerprint density at radius 3 is 2.33 bits per heavy atom. The highest BCUT2D eigenvalue weighted by Gasteiger charge is 2.17. The molecule has 120 valence electrons. The molecular weight excluding hydrogens is 268 g/mol. The van der Waals surface area contributed by atoms with E-state index in [4.69, 9.17) is 10.8 Å². The maximum atomic E-state index is 11.1. The number of hydrogen-bond acceptors (Lipinski definition) is 4. The molecule has 0 unspecified atom stereocenters. The molecule has 0 bridgehead atoms. The summed E-state index contributed by atoms with van der Waals surface area (Å²) >= 11 is 0. The molecular formula is C15H28N4O2. The van der Waals surface area contributed by atoms with Crippen molar-refractivity contribution in [2.75, 3.05) is 6.54 Å². The molecule has 0 aromatic carbocycles. The van der Waals surface area contributed by atoms with Crippen molar-refractivity contribution in [3.05, 3.63) is 11.4 Å². The number of nitrogens with zero attached hydrogens (tertiary/aromatic N) is 3. The second-order valence-corrected chi connectivity index (χ2v) is 5.43. The monoisotopic (exact) mass is 296 g/mol. The van der Waals surface area contributed by atoms with Crippen LogP contribution in [0.2, 0.25) is 0 Å². The van der Waals surface area contributed by atoms with Gasteiger partial charge in [-0.2, -0.15) is 0 Å². The fraction of sp³-hybridized carbons (Fsp3) is 0.800. The van der Waals surface area contributed by atoms with Crippen molar-refractivity contribution in [1.82, 2.24) is 15.0 Å². The fourth-order valence-electron chi connectivity index (χ4n) is 2.46. The standard InChI is InChI=1S/C15H28N4O2/c1-2-3-4-5-6-7-8-9-12-19-13(10-11-16)14(15(20)21)17-18-19/h2-12,16H2,1H3,(H,20,21). The van der Waals surface area contributed by atoms with E-state index in [1.807, 2.05) is 0 Å². The summed E-state index contributed by atoms with van der Waals surface area (Å²) in [6.45, 7) is 3.36. The molecule has 0 saturated heterocycles. The first-order chi connectivity index (χ1) is 10.2. The molecule has 0 radical (unpaired) electrons. The van der Waals surface area contributed by atoms with Gasteiger partial charge in [0.15, 0.2) is 5.69 Å². The number of aryl methyl sites for hydroxylation is 1. The zero-order valence-corrected chi connectivity index (χ0v) is 13.1. The van der Waals surface area contributed by atoms with Crippen molar-refractivity contribution in [2.24, 2.45) is 5.73 Å². The van der Waals surface area contributed by atoms with Crippen molar-refractivity contribution < 1.29 is 9.90 Å². The number of carbonyl (C=O) groups is 1. The Bertz CT molecular complexity index is 418. The first-order valence-corrected chi connectivity index (χ1v) is 8.06. The van der Waals surface area contributed by atoms with E-state index < -0.39 is 5.97 Å². The smallest absolute Gasteiger partial charge is 0.358 e. The number of rotatable bonds is 12. The molecule has 0 spiro atoms. The third kappa shape index (κ3) is 6.25. The van der Waals surface area contributed by atoms with Gasteiger partial charge in [-0.05, 0) is 13.0 Å². The van der Waals surface area contributed by atoms with Gasteiger partial charge in [-0.1, -0.05) is 57.1 Å². The maximum Gasteiger partial charge on any atom is 0.358 e. The van der Waals surface area contributed by atoms with Crippen LogP contribution in [0.4, 0.5) is 0 Å². The SMILES string of the molecule is CCCCCCCCCCn1nnc(C(=O)O)c1CCN. The largest absolute Gasteiger partial charge is 0.476 e. The molecule has 0 aliphatic rings. The van der Waals surface area contributed by atoms with E-state index in [1.54, 1.807) is 4.68 Å². The first kappa shape index (κ1) is 17.6. The summed E-state index contributed by atoms with van der Waals surface area (Å²) < 4.78 is 1.70. The van der Waals surface area contributed by atoms with E-state index in [0.717, 1.165) is 19.4 Å². The lowest BCUT2D eigenvalue weighted by Gasteiger charge is -2.06. The Morgan fingerprint density at radius 2 is 1.76 bits per heavy atom. The van der Waals surface area contributed by atoms with Crippen molar-refractivity contribution in [1.29, 1.82) is 0 Å². The number of carboxylic acid groups (broad SMARTS) is 1. The highest BCUT2D eigenvalue weighted by molar-refractivity contribution is 5.86. The van der Waals surface area contributed by atoms with Crippen LogP contribution in [-0.2, 0) is 13.0 Å². The van der Waals surface area contributed by atoms with Crippen molar-refractivity contribution in [3.8, 4) is 0 Å². The molecule has 0 saturated carbocycles. The zero-order chi connectivity index (χ0) is 15.5. The van der Waals surface area contributed by atoms with Gasteiger partial charge in [0.1, 0.15) is 0 Å². The third-order valence-electron chi connectivity index (χ3n) is 3.64. The lowest BCUT2D eigenvalue weighted by Crippen LogP contribution is -2.13. The van der Waals surface area contributed by atoms with Gasteiger partial charge in [-0.15, -0.1) is 5.10 Å². The Morgan fingerprint density at radius 1 is 1.14 bits per heavy atom. The molecule has 0 aliphatic carbocycles. The number of aromatic carboxylic acids is 1. The second-order valence-electron chi connectivity index (χ2n) is 5.43. The van der Waals surface area contributed by atoms with Gasteiger partial charge >= 0.3 is 5.97 Å². The first-order valence-electron chi connectivity index (χ1n) is 8.06. The molecule has 6 nitrogen and oxygen atoms in total. The summed E-state index contributed by atoms with van der Waals surface area (Å²) in [7, 11) is 0. The van der Waals surface area contributed by atoms with E-state index in [1.165, 1.54) is 38.5 Å². The molecule has 0 aliphatic heterocycles. The molecule has 0 atom stereocenters. The Balaban J connectivity index is 2.30. The number of hydrogen-bond donors (Lipinski definition) is 2. The minimum absolute atomic E-state index is 0.0417. The summed E-state index contributed by atoms with van der Waals surface area (Å²) in [5.74, 6) is -1.03. The highest BCUT2D eigenvalue weighted by Crippen LogP contribution is 2.11. The lowest BCUT2D eigenvalue weighted by molar-refractivity contribution is 0.0689. The predicted octanol–water partition coefficient (Wildman–Crippen LogP) is 2.62. The van der Waals surface area contributed by atoms with E-state index in [9.17, 15) is 4.79 Å². The lowest BCUT2D eigenvalue weighted by atomic mass is 10.1. The Kier molecular flexibility index (Phi) is 8.66. The van der Waals surface area contributed by atoms with Crippen molar-refractivity contribution >= 4 is 5.97 Å². The summed E-state index contributed by atoms with van der Waals surface area (Å²) in [6, 6.07) is 0. The Hall–Kier alpha value is -1.43. The summed E-state index contributed by atoms with van der Waals surface area (Å²) in [5.41, 5.74) is 6.22. The van der Waals surface area contributed by atoms with Crippen LogP contribution in [0.5, 0.6) is 0 Å². The van der Waals surface area contributed by atoms with Crippen molar-refractivity contribution in [2.45, 2.75) is 71.3 Å². The minimum atomic E-state index is -1.03.